The van der Waals surface area contributed by atoms with Gasteiger partial charge in [-0.25, -0.2) is 0 Å². The first-order chi connectivity index (χ1) is 10.2. The predicted molar refractivity (Wildman–Crippen MR) is 79.9 cm³/mol. The lowest BCUT2D eigenvalue weighted by atomic mass is 10.0. The summed E-state index contributed by atoms with van der Waals surface area (Å²) < 4.78 is 0. The number of carbonyl (C=O) groups is 2. The Bertz CT molecular complexity index is 395. The quantitative estimate of drug-likeness (QED) is 0.763. The van der Waals surface area contributed by atoms with E-state index < -0.39 is 0 Å². The Morgan fingerprint density at radius 1 is 1.14 bits per heavy atom. The fourth-order valence-electron chi connectivity index (χ4n) is 3.66. The van der Waals surface area contributed by atoms with E-state index in [0.29, 0.717) is 19.1 Å². The molecule has 0 aromatic carbocycles. The van der Waals surface area contributed by atoms with Crippen molar-refractivity contribution in [2.24, 2.45) is 0 Å². The minimum Gasteiger partial charge on any atom is -0.340 e. The van der Waals surface area contributed by atoms with Gasteiger partial charge in [-0.3, -0.25) is 14.5 Å². The van der Waals surface area contributed by atoms with E-state index in [0.717, 1.165) is 26.1 Å². The molecule has 118 valence electrons. The van der Waals surface area contributed by atoms with Crippen LogP contribution in [-0.2, 0) is 9.59 Å². The molecule has 2 amide bonds. The molecule has 1 N–H and O–H groups in total. The molecule has 6 heteroatoms. The molecule has 3 aliphatic heterocycles. The van der Waals surface area contributed by atoms with Gasteiger partial charge >= 0.3 is 0 Å². The number of rotatable bonds is 3. The zero-order valence-electron chi connectivity index (χ0n) is 12.7. The summed E-state index contributed by atoms with van der Waals surface area (Å²) in [5.41, 5.74) is 0. The van der Waals surface area contributed by atoms with E-state index in [4.69, 9.17) is 0 Å². The molecule has 0 spiro atoms. The summed E-state index contributed by atoms with van der Waals surface area (Å²) in [4.78, 5) is 30.4. The number of piperazine rings is 1. The zero-order valence-corrected chi connectivity index (χ0v) is 12.7. The van der Waals surface area contributed by atoms with E-state index in [1.54, 1.807) is 4.90 Å². The first kappa shape index (κ1) is 14.8. The second-order valence-electron chi connectivity index (χ2n) is 6.37. The van der Waals surface area contributed by atoms with Crippen LogP contribution in [0.2, 0.25) is 0 Å². The van der Waals surface area contributed by atoms with Crippen molar-refractivity contribution in [2.45, 2.75) is 31.7 Å². The molecule has 0 aromatic rings. The van der Waals surface area contributed by atoms with Gasteiger partial charge in [0.15, 0.2) is 0 Å². The molecule has 3 saturated heterocycles. The van der Waals surface area contributed by atoms with Gasteiger partial charge in [0.1, 0.15) is 0 Å². The number of nitrogens with zero attached hydrogens (tertiary/aromatic N) is 3. The van der Waals surface area contributed by atoms with Crippen molar-refractivity contribution in [2.75, 3.05) is 52.4 Å². The van der Waals surface area contributed by atoms with E-state index in [9.17, 15) is 9.59 Å². The smallest absolute Gasteiger partial charge is 0.242 e. The summed E-state index contributed by atoms with van der Waals surface area (Å²) in [7, 11) is 0. The predicted octanol–water partition coefficient (Wildman–Crippen LogP) is -0.495. The lowest BCUT2D eigenvalue weighted by Crippen LogP contribution is -2.54. The van der Waals surface area contributed by atoms with Crippen LogP contribution in [-0.4, -0.2) is 84.9 Å². The third-order valence-corrected chi connectivity index (χ3v) is 4.92. The van der Waals surface area contributed by atoms with Crippen LogP contribution >= 0.6 is 0 Å². The van der Waals surface area contributed by atoms with Crippen LogP contribution in [0.25, 0.3) is 0 Å². The lowest BCUT2D eigenvalue weighted by Gasteiger charge is -2.38. The number of carbonyl (C=O) groups excluding carboxylic acids is 2. The van der Waals surface area contributed by atoms with Gasteiger partial charge in [-0.1, -0.05) is 0 Å². The number of amides is 2. The maximum Gasteiger partial charge on any atom is 0.242 e. The third kappa shape index (κ3) is 3.55. The van der Waals surface area contributed by atoms with Crippen molar-refractivity contribution in [1.29, 1.82) is 0 Å². The summed E-state index contributed by atoms with van der Waals surface area (Å²) in [6.07, 6.45) is 4.87. The van der Waals surface area contributed by atoms with Gasteiger partial charge in [0, 0.05) is 32.2 Å². The maximum atomic E-state index is 12.5. The summed E-state index contributed by atoms with van der Waals surface area (Å²) in [5.74, 6) is 0.164. The highest BCUT2D eigenvalue weighted by molar-refractivity contribution is 5.86. The molecule has 1 atom stereocenters. The highest BCUT2D eigenvalue weighted by atomic mass is 16.2. The number of likely N-dealkylation sites (tertiary alicyclic amines) is 2. The Balaban J connectivity index is 1.52. The van der Waals surface area contributed by atoms with Gasteiger partial charge in [-0.2, -0.15) is 0 Å². The van der Waals surface area contributed by atoms with Crippen LogP contribution in [0.1, 0.15) is 25.7 Å². The molecule has 3 rings (SSSR count). The molecule has 0 saturated carbocycles. The van der Waals surface area contributed by atoms with Crippen LogP contribution in [0.15, 0.2) is 0 Å². The number of hydrogen-bond acceptors (Lipinski definition) is 4. The molecule has 3 aliphatic rings. The molecule has 6 nitrogen and oxygen atoms in total. The monoisotopic (exact) mass is 294 g/mol. The van der Waals surface area contributed by atoms with E-state index in [-0.39, 0.29) is 18.4 Å². The van der Waals surface area contributed by atoms with Gasteiger partial charge in [0.2, 0.25) is 11.8 Å². The maximum absolute atomic E-state index is 12.5. The van der Waals surface area contributed by atoms with Gasteiger partial charge in [0.05, 0.1) is 13.1 Å². The van der Waals surface area contributed by atoms with Crippen molar-refractivity contribution in [3.05, 3.63) is 0 Å². The highest BCUT2D eigenvalue weighted by Gasteiger charge is 2.30. The van der Waals surface area contributed by atoms with Crippen molar-refractivity contribution in [3.63, 3.8) is 0 Å². The summed E-state index contributed by atoms with van der Waals surface area (Å²) in [5, 5.41) is 3.04. The summed E-state index contributed by atoms with van der Waals surface area (Å²) in [6.45, 7) is 6.12. The minimum atomic E-state index is 0.0442. The Morgan fingerprint density at radius 3 is 2.71 bits per heavy atom. The van der Waals surface area contributed by atoms with Crippen molar-refractivity contribution in [3.8, 4) is 0 Å². The molecule has 0 aliphatic carbocycles. The first-order valence-electron chi connectivity index (χ1n) is 8.24. The van der Waals surface area contributed by atoms with Crippen LogP contribution in [0.4, 0.5) is 0 Å². The zero-order chi connectivity index (χ0) is 14.7. The third-order valence-electron chi connectivity index (χ3n) is 4.92. The van der Waals surface area contributed by atoms with E-state index >= 15 is 0 Å². The average Bonchev–Trinajstić information content (AvgIpc) is 3.04. The van der Waals surface area contributed by atoms with E-state index in [1.165, 1.54) is 32.4 Å². The van der Waals surface area contributed by atoms with Crippen LogP contribution in [0.5, 0.6) is 0 Å². The topological polar surface area (TPSA) is 55.9 Å². The molecule has 0 radical (unpaired) electrons. The van der Waals surface area contributed by atoms with Crippen molar-refractivity contribution in [1.82, 2.24) is 20.0 Å². The molecule has 0 bridgehead atoms. The molecule has 3 fully saturated rings. The molecular weight excluding hydrogens is 268 g/mol. The second-order valence-corrected chi connectivity index (χ2v) is 6.37. The Kier molecular flexibility index (Phi) is 4.75. The van der Waals surface area contributed by atoms with Crippen LogP contribution < -0.4 is 5.32 Å². The van der Waals surface area contributed by atoms with Gasteiger partial charge in [0.25, 0.3) is 0 Å². The Hall–Kier alpha value is -1.14. The second kappa shape index (κ2) is 6.75. The average molecular weight is 294 g/mol. The fourth-order valence-corrected chi connectivity index (χ4v) is 3.66. The molecule has 1 unspecified atom stereocenters. The van der Waals surface area contributed by atoms with Crippen LogP contribution in [0.3, 0.4) is 0 Å². The van der Waals surface area contributed by atoms with Crippen molar-refractivity contribution >= 4 is 11.8 Å². The SMILES string of the molecule is O=C1CNCCN1CC(=O)N1CCCC(N2CCCC2)C1. The van der Waals surface area contributed by atoms with Gasteiger partial charge in [-0.15, -0.1) is 0 Å². The largest absolute Gasteiger partial charge is 0.340 e. The van der Waals surface area contributed by atoms with E-state index in [1.807, 2.05) is 4.90 Å². The lowest BCUT2D eigenvalue weighted by molar-refractivity contribution is -0.142. The highest BCUT2D eigenvalue weighted by Crippen LogP contribution is 2.20. The van der Waals surface area contributed by atoms with E-state index in [2.05, 4.69) is 10.2 Å². The fraction of sp³-hybridized carbons (Fsp3) is 0.867. The number of hydrogen-bond donors (Lipinski definition) is 1. The molecular formula is C15H26N4O2. The standard InChI is InChI=1S/C15H26N4O2/c20-14-10-16-5-9-19(14)12-15(21)18-8-3-4-13(11-18)17-6-1-2-7-17/h13,16H,1-12H2. The summed E-state index contributed by atoms with van der Waals surface area (Å²) >= 11 is 0. The number of piperidine rings is 1. The summed E-state index contributed by atoms with van der Waals surface area (Å²) in [6, 6.07) is 0.531. The van der Waals surface area contributed by atoms with Crippen LogP contribution in [0, 0.1) is 0 Å². The minimum absolute atomic E-state index is 0.0442. The number of nitrogens with one attached hydrogen (secondary N) is 1. The first-order valence-corrected chi connectivity index (χ1v) is 8.24. The van der Waals surface area contributed by atoms with Crippen molar-refractivity contribution < 1.29 is 9.59 Å². The molecule has 3 heterocycles. The normalized spacial score (nSPS) is 28.2. The van der Waals surface area contributed by atoms with Gasteiger partial charge in [-0.05, 0) is 38.8 Å². The molecule has 0 aromatic heterocycles. The van der Waals surface area contributed by atoms with Gasteiger partial charge < -0.3 is 15.1 Å². The Morgan fingerprint density at radius 2 is 1.95 bits per heavy atom. The molecule has 21 heavy (non-hydrogen) atoms. The Labute approximate surface area is 126 Å².